The predicted molar refractivity (Wildman–Crippen MR) is 88.2 cm³/mol. The Morgan fingerprint density at radius 1 is 1.35 bits per heavy atom. The molecule has 2 aromatic rings. The van der Waals surface area contributed by atoms with E-state index in [-0.39, 0.29) is 17.5 Å². The Hall–Kier alpha value is -2.17. The Bertz CT molecular complexity index is 793. The average molecular weight is 316 g/mol. The highest BCUT2D eigenvalue weighted by Gasteiger charge is 2.22. The molecule has 1 saturated carbocycles. The van der Waals surface area contributed by atoms with E-state index in [1.807, 2.05) is 6.92 Å². The lowest BCUT2D eigenvalue weighted by atomic mass is 9.93. The van der Waals surface area contributed by atoms with Crippen molar-refractivity contribution in [3.05, 3.63) is 46.1 Å². The summed E-state index contributed by atoms with van der Waals surface area (Å²) < 4.78 is 14.9. The van der Waals surface area contributed by atoms with E-state index >= 15 is 0 Å². The fourth-order valence-corrected chi connectivity index (χ4v) is 2.86. The standard InChI is InChI=1S/C18H21FN2O2/c1-2-3-9-21-16(17(22)20-14-5-4-6-14)10-12-7-8-13(19)11-15(12)18(21)23/h7-8,10-11,14H,2-6,9H2,1H3,(H,20,22). The van der Waals surface area contributed by atoms with E-state index in [0.717, 1.165) is 32.1 Å². The van der Waals surface area contributed by atoms with Gasteiger partial charge in [0, 0.05) is 12.6 Å². The fraction of sp³-hybridized carbons (Fsp3) is 0.444. The maximum absolute atomic E-state index is 13.5. The van der Waals surface area contributed by atoms with Crippen LogP contribution in [0.3, 0.4) is 0 Å². The van der Waals surface area contributed by atoms with Crippen molar-refractivity contribution >= 4 is 16.7 Å². The predicted octanol–water partition coefficient (Wildman–Crippen LogP) is 3.22. The Morgan fingerprint density at radius 3 is 2.78 bits per heavy atom. The van der Waals surface area contributed by atoms with E-state index in [1.165, 1.54) is 16.7 Å². The zero-order chi connectivity index (χ0) is 16.4. The Labute approximate surface area is 134 Å². The summed E-state index contributed by atoms with van der Waals surface area (Å²) in [5.74, 6) is -0.655. The van der Waals surface area contributed by atoms with Gasteiger partial charge < -0.3 is 9.88 Å². The van der Waals surface area contributed by atoms with Gasteiger partial charge in [-0.3, -0.25) is 9.59 Å². The molecule has 0 radical (unpaired) electrons. The second-order valence-electron chi connectivity index (χ2n) is 6.17. The van der Waals surface area contributed by atoms with Crippen LogP contribution in [0.2, 0.25) is 0 Å². The highest BCUT2D eigenvalue weighted by molar-refractivity contribution is 5.96. The summed E-state index contributed by atoms with van der Waals surface area (Å²) in [5, 5.41) is 3.90. The maximum atomic E-state index is 13.5. The highest BCUT2D eigenvalue weighted by Crippen LogP contribution is 2.20. The minimum Gasteiger partial charge on any atom is -0.348 e. The van der Waals surface area contributed by atoms with Gasteiger partial charge >= 0.3 is 0 Å². The second kappa shape index (κ2) is 6.52. The van der Waals surface area contributed by atoms with Crippen LogP contribution in [0.15, 0.2) is 29.1 Å². The van der Waals surface area contributed by atoms with E-state index in [2.05, 4.69) is 5.32 Å². The van der Waals surface area contributed by atoms with Crippen molar-refractivity contribution in [1.29, 1.82) is 0 Å². The minimum absolute atomic E-state index is 0.209. The van der Waals surface area contributed by atoms with Crippen LogP contribution in [-0.4, -0.2) is 16.5 Å². The minimum atomic E-state index is -0.441. The van der Waals surface area contributed by atoms with Gasteiger partial charge in [-0.25, -0.2) is 4.39 Å². The van der Waals surface area contributed by atoms with Crippen LogP contribution in [0.25, 0.3) is 10.8 Å². The number of carbonyl (C=O) groups excluding carboxylic acids is 1. The molecule has 0 bridgehead atoms. The number of hydrogen-bond acceptors (Lipinski definition) is 2. The number of nitrogens with one attached hydrogen (secondary N) is 1. The monoisotopic (exact) mass is 316 g/mol. The first-order valence-electron chi connectivity index (χ1n) is 8.24. The van der Waals surface area contributed by atoms with E-state index in [4.69, 9.17) is 0 Å². The van der Waals surface area contributed by atoms with E-state index in [1.54, 1.807) is 12.1 Å². The number of rotatable bonds is 5. The number of carbonyl (C=O) groups is 1. The number of unbranched alkanes of at least 4 members (excludes halogenated alkanes) is 1. The molecule has 1 aromatic heterocycles. The van der Waals surface area contributed by atoms with Gasteiger partial charge in [0.25, 0.3) is 11.5 Å². The van der Waals surface area contributed by atoms with Crippen LogP contribution in [0, 0.1) is 5.82 Å². The third kappa shape index (κ3) is 3.14. The van der Waals surface area contributed by atoms with E-state index in [9.17, 15) is 14.0 Å². The molecule has 0 unspecified atom stereocenters. The summed E-state index contributed by atoms with van der Waals surface area (Å²) in [6, 6.07) is 6.01. The van der Waals surface area contributed by atoms with Gasteiger partial charge in [-0.1, -0.05) is 19.4 Å². The molecule has 1 N–H and O–H groups in total. The van der Waals surface area contributed by atoms with Gasteiger partial charge in [0.05, 0.1) is 5.39 Å². The molecule has 1 aliphatic carbocycles. The number of pyridine rings is 1. The quantitative estimate of drug-likeness (QED) is 0.921. The Kier molecular flexibility index (Phi) is 4.46. The van der Waals surface area contributed by atoms with Crippen LogP contribution >= 0.6 is 0 Å². The number of hydrogen-bond donors (Lipinski definition) is 1. The number of aromatic nitrogens is 1. The Morgan fingerprint density at radius 2 is 2.13 bits per heavy atom. The summed E-state index contributed by atoms with van der Waals surface area (Å²) in [4.78, 5) is 25.2. The first-order valence-corrected chi connectivity index (χ1v) is 8.24. The van der Waals surface area contributed by atoms with Crippen LogP contribution in [0.4, 0.5) is 4.39 Å². The number of halogens is 1. The molecule has 1 aliphatic rings. The lowest BCUT2D eigenvalue weighted by Crippen LogP contribution is -2.41. The van der Waals surface area contributed by atoms with Crippen LogP contribution in [-0.2, 0) is 6.54 Å². The van der Waals surface area contributed by atoms with E-state index in [0.29, 0.717) is 23.0 Å². The van der Waals surface area contributed by atoms with Crippen LogP contribution in [0.1, 0.15) is 49.5 Å². The third-order valence-corrected chi connectivity index (χ3v) is 4.48. The molecule has 23 heavy (non-hydrogen) atoms. The molecule has 122 valence electrons. The molecule has 4 nitrogen and oxygen atoms in total. The number of amides is 1. The molecule has 5 heteroatoms. The van der Waals surface area contributed by atoms with Crippen LogP contribution < -0.4 is 10.9 Å². The van der Waals surface area contributed by atoms with Crippen molar-refractivity contribution in [2.45, 2.75) is 51.6 Å². The van der Waals surface area contributed by atoms with Gasteiger partial charge in [-0.05, 0) is 49.3 Å². The topological polar surface area (TPSA) is 51.1 Å². The summed E-state index contributed by atoms with van der Waals surface area (Å²) in [6.07, 6.45) is 4.82. The van der Waals surface area contributed by atoms with Gasteiger partial charge in [-0.15, -0.1) is 0 Å². The molecule has 0 spiro atoms. The number of benzene rings is 1. The van der Waals surface area contributed by atoms with Crippen molar-refractivity contribution in [1.82, 2.24) is 9.88 Å². The lowest BCUT2D eigenvalue weighted by Gasteiger charge is -2.27. The molecule has 1 fully saturated rings. The lowest BCUT2D eigenvalue weighted by molar-refractivity contribution is 0.0906. The zero-order valence-corrected chi connectivity index (χ0v) is 13.3. The maximum Gasteiger partial charge on any atom is 0.268 e. The average Bonchev–Trinajstić information content (AvgIpc) is 2.50. The molecule has 1 heterocycles. The summed E-state index contributed by atoms with van der Waals surface area (Å²) in [7, 11) is 0. The van der Waals surface area contributed by atoms with Gasteiger partial charge in [-0.2, -0.15) is 0 Å². The molecule has 0 aliphatic heterocycles. The van der Waals surface area contributed by atoms with E-state index < -0.39 is 5.82 Å². The molecular weight excluding hydrogens is 295 g/mol. The molecule has 0 saturated heterocycles. The Balaban J connectivity index is 2.07. The second-order valence-corrected chi connectivity index (χ2v) is 6.17. The van der Waals surface area contributed by atoms with Gasteiger partial charge in [0.15, 0.2) is 0 Å². The number of nitrogens with zero attached hydrogens (tertiary/aromatic N) is 1. The van der Waals surface area contributed by atoms with Gasteiger partial charge in [0.1, 0.15) is 11.5 Å². The first kappa shape index (κ1) is 15.7. The molecule has 1 aromatic carbocycles. The van der Waals surface area contributed by atoms with Crippen molar-refractivity contribution in [3.63, 3.8) is 0 Å². The summed E-state index contributed by atoms with van der Waals surface area (Å²) in [5.41, 5.74) is 0.0728. The molecule has 3 rings (SSSR count). The van der Waals surface area contributed by atoms with Crippen molar-refractivity contribution in [2.24, 2.45) is 0 Å². The van der Waals surface area contributed by atoms with Crippen molar-refractivity contribution in [2.75, 3.05) is 0 Å². The third-order valence-electron chi connectivity index (χ3n) is 4.48. The van der Waals surface area contributed by atoms with Crippen molar-refractivity contribution < 1.29 is 9.18 Å². The fourth-order valence-electron chi connectivity index (χ4n) is 2.86. The van der Waals surface area contributed by atoms with Crippen LogP contribution in [0.5, 0.6) is 0 Å². The summed E-state index contributed by atoms with van der Waals surface area (Å²) >= 11 is 0. The number of fused-ring (bicyclic) bond motifs is 1. The molecular formula is C18H21FN2O2. The summed E-state index contributed by atoms with van der Waals surface area (Å²) in [6.45, 7) is 2.50. The van der Waals surface area contributed by atoms with Gasteiger partial charge in [0.2, 0.25) is 0 Å². The normalized spacial score (nSPS) is 14.7. The highest BCUT2D eigenvalue weighted by atomic mass is 19.1. The molecule has 1 amide bonds. The zero-order valence-electron chi connectivity index (χ0n) is 13.3. The SMILES string of the molecule is CCCCn1c(C(=O)NC2CCC2)cc2ccc(F)cc2c1=O. The van der Waals surface area contributed by atoms with Crippen molar-refractivity contribution in [3.8, 4) is 0 Å². The smallest absolute Gasteiger partial charge is 0.268 e. The first-order chi connectivity index (χ1) is 11.1. The largest absolute Gasteiger partial charge is 0.348 e. The molecule has 0 atom stereocenters.